The normalized spacial score (nSPS) is 10.8. The molecule has 1 aromatic carbocycles. The Bertz CT molecular complexity index is 1540. The van der Waals surface area contributed by atoms with Crippen molar-refractivity contribution in [2.24, 2.45) is 0 Å². The van der Waals surface area contributed by atoms with Gasteiger partial charge in [0.25, 0.3) is 0 Å². The van der Waals surface area contributed by atoms with Crippen LogP contribution in [0.4, 0.5) is 11.5 Å². The average Bonchev–Trinajstić information content (AvgIpc) is 3.42. The minimum Gasteiger partial charge on any atom is -0.339 e. The second-order valence-electron chi connectivity index (χ2n) is 7.34. The van der Waals surface area contributed by atoms with Crippen molar-refractivity contribution < 1.29 is 4.79 Å². The number of rotatable bonds is 5. The third kappa shape index (κ3) is 3.68. The van der Waals surface area contributed by atoms with Crippen LogP contribution in [0.15, 0.2) is 61.1 Å². The molecule has 0 saturated carbocycles. The summed E-state index contributed by atoms with van der Waals surface area (Å²) >= 11 is 0. The third-order valence-electron chi connectivity index (χ3n) is 5.08. The summed E-state index contributed by atoms with van der Waals surface area (Å²) < 4.78 is 3.35. The number of carbonyl (C=O) groups is 1. The van der Waals surface area contributed by atoms with Gasteiger partial charge in [-0.3, -0.25) is 9.36 Å². The molecule has 33 heavy (non-hydrogen) atoms. The van der Waals surface area contributed by atoms with Gasteiger partial charge in [-0.15, -0.1) is 5.10 Å². The van der Waals surface area contributed by atoms with E-state index >= 15 is 0 Å². The van der Waals surface area contributed by atoms with Gasteiger partial charge in [0.1, 0.15) is 18.2 Å². The third-order valence-corrected chi connectivity index (χ3v) is 5.08. The van der Waals surface area contributed by atoms with E-state index in [0.717, 1.165) is 16.7 Å². The molecule has 10 nitrogen and oxygen atoms in total. The largest absolute Gasteiger partial charge is 0.339 e. The molecule has 0 aliphatic carbocycles. The summed E-state index contributed by atoms with van der Waals surface area (Å²) in [6, 6.07) is 16.5. The van der Waals surface area contributed by atoms with Crippen LogP contribution in [0.25, 0.3) is 22.7 Å². The fraction of sp³-hybridized carbons (Fsp3) is 0.0870. The lowest BCUT2D eigenvalue weighted by molar-refractivity contribution is 0.101. The number of nitrogens with zero attached hydrogens (tertiary/aromatic N) is 8. The molecule has 0 aliphatic heterocycles. The summed E-state index contributed by atoms with van der Waals surface area (Å²) in [6.07, 6.45) is 3.29. The lowest BCUT2D eigenvalue weighted by Gasteiger charge is -2.11. The molecule has 0 atom stereocenters. The predicted molar refractivity (Wildman–Crippen MR) is 121 cm³/mol. The van der Waals surface area contributed by atoms with E-state index in [4.69, 9.17) is 4.98 Å². The number of anilines is 2. The summed E-state index contributed by atoms with van der Waals surface area (Å²) in [6.45, 7) is 3.28. The highest BCUT2D eigenvalue weighted by molar-refractivity contribution is 5.97. The van der Waals surface area contributed by atoms with Gasteiger partial charge in [0.15, 0.2) is 23.1 Å². The van der Waals surface area contributed by atoms with Crippen LogP contribution < -0.4 is 5.32 Å². The Labute approximate surface area is 188 Å². The summed E-state index contributed by atoms with van der Waals surface area (Å²) in [7, 11) is 0. The standard InChI is InChI=1S/C23H17N9O/c1-14-10-17(12-24)30-32(14)23-18(15(2)33)6-8-22(28-23)31-13-25-19-11-16(5-7-20(19)31)27-21-4-3-9-26-29-21/h3-11,13H,1-2H3,(H,27,29). The van der Waals surface area contributed by atoms with Gasteiger partial charge in [0.2, 0.25) is 0 Å². The first-order valence-electron chi connectivity index (χ1n) is 10.0. The molecule has 5 rings (SSSR count). The number of aromatic nitrogens is 7. The molecule has 4 aromatic heterocycles. The molecule has 0 aliphatic rings. The molecule has 0 radical (unpaired) electrons. The maximum Gasteiger partial charge on any atom is 0.166 e. The molecular weight excluding hydrogens is 418 g/mol. The van der Waals surface area contributed by atoms with Gasteiger partial charge in [-0.05, 0) is 62.4 Å². The first kappa shape index (κ1) is 20.0. The maximum atomic E-state index is 12.2. The topological polar surface area (TPSA) is 127 Å². The number of fused-ring (bicyclic) bond motifs is 1. The molecule has 0 saturated heterocycles. The number of hydrogen-bond donors (Lipinski definition) is 1. The molecule has 160 valence electrons. The van der Waals surface area contributed by atoms with Crippen molar-refractivity contribution in [3.8, 4) is 17.7 Å². The number of hydrogen-bond acceptors (Lipinski definition) is 8. The van der Waals surface area contributed by atoms with Crippen LogP contribution in [0, 0.1) is 18.3 Å². The molecule has 0 spiro atoms. The van der Waals surface area contributed by atoms with E-state index in [1.54, 1.807) is 36.8 Å². The number of Topliss-reactive ketones (excluding diaryl/α,β-unsaturated/α-hetero) is 1. The number of nitriles is 1. The van der Waals surface area contributed by atoms with Crippen LogP contribution in [0.3, 0.4) is 0 Å². The molecular formula is C23H17N9O. The maximum absolute atomic E-state index is 12.2. The van der Waals surface area contributed by atoms with Crippen LogP contribution in [-0.4, -0.2) is 40.3 Å². The van der Waals surface area contributed by atoms with E-state index in [0.29, 0.717) is 28.7 Å². The van der Waals surface area contributed by atoms with E-state index in [1.807, 2.05) is 41.8 Å². The number of carbonyl (C=O) groups excluding carboxylic acids is 1. The number of nitrogens with one attached hydrogen (secondary N) is 1. The van der Waals surface area contributed by atoms with E-state index in [9.17, 15) is 10.1 Å². The lowest BCUT2D eigenvalue weighted by Crippen LogP contribution is -2.11. The first-order valence-corrected chi connectivity index (χ1v) is 10.0. The molecule has 10 heteroatoms. The molecule has 0 amide bonds. The number of aryl methyl sites for hydroxylation is 1. The Kier molecular flexibility index (Phi) is 4.84. The molecule has 5 aromatic rings. The zero-order chi connectivity index (χ0) is 22.9. The van der Waals surface area contributed by atoms with Gasteiger partial charge in [0.05, 0.1) is 16.6 Å². The predicted octanol–water partition coefficient (Wildman–Crippen LogP) is 3.52. The van der Waals surface area contributed by atoms with Crippen molar-refractivity contribution in [3.63, 3.8) is 0 Å². The summed E-state index contributed by atoms with van der Waals surface area (Å²) in [5.41, 5.74) is 3.78. The van der Waals surface area contributed by atoms with Crippen molar-refractivity contribution >= 4 is 28.3 Å². The van der Waals surface area contributed by atoms with Gasteiger partial charge in [-0.2, -0.15) is 15.5 Å². The van der Waals surface area contributed by atoms with Gasteiger partial charge in [0, 0.05) is 17.6 Å². The van der Waals surface area contributed by atoms with Crippen LogP contribution in [-0.2, 0) is 0 Å². The minimum absolute atomic E-state index is 0.146. The van der Waals surface area contributed by atoms with Crippen LogP contribution in [0.1, 0.15) is 28.7 Å². The van der Waals surface area contributed by atoms with E-state index in [-0.39, 0.29) is 11.5 Å². The quantitative estimate of drug-likeness (QED) is 0.415. The van der Waals surface area contributed by atoms with Crippen molar-refractivity contribution in [3.05, 3.63) is 78.0 Å². The first-order chi connectivity index (χ1) is 16.0. The lowest BCUT2D eigenvalue weighted by atomic mass is 10.2. The smallest absolute Gasteiger partial charge is 0.166 e. The highest BCUT2D eigenvalue weighted by Gasteiger charge is 2.17. The molecule has 0 unspecified atom stereocenters. The second-order valence-corrected chi connectivity index (χ2v) is 7.34. The molecule has 0 bridgehead atoms. The number of imidazole rings is 1. The van der Waals surface area contributed by atoms with Gasteiger partial charge >= 0.3 is 0 Å². The SMILES string of the molecule is CC(=O)c1ccc(-n2cnc3cc(Nc4cccnn4)ccc32)nc1-n1nc(C#N)cc1C. The van der Waals surface area contributed by atoms with Crippen molar-refractivity contribution in [2.45, 2.75) is 13.8 Å². The Hall–Kier alpha value is -4.91. The van der Waals surface area contributed by atoms with E-state index in [2.05, 4.69) is 25.6 Å². The highest BCUT2D eigenvalue weighted by atomic mass is 16.1. The summed E-state index contributed by atoms with van der Waals surface area (Å²) in [4.78, 5) is 21.5. The Morgan fingerprint density at radius 2 is 2.03 bits per heavy atom. The average molecular weight is 435 g/mol. The van der Waals surface area contributed by atoms with Crippen molar-refractivity contribution in [1.29, 1.82) is 5.26 Å². The van der Waals surface area contributed by atoms with Gasteiger partial charge in [-0.25, -0.2) is 14.6 Å². The van der Waals surface area contributed by atoms with E-state index < -0.39 is 0 Å². The second kappa shape index (κ2) is 7.97. The zero-order valence-electron chi connectivity index (χ0n) is 17.8. The molecule has 4 heterocycles. The van der Waals surface area contributed by atoms with Crippen molar-refractivity contribution in [1.82, 2.24) is 34.5 Å². The van der Waals surface area contributed by atoms with E-state index in [1.165, 1.54) is 11.6 Å². The number of benzene rings is 1. The fourth-order valence-electron chi connectivity index (χ4n) is 3.54. The Morgan fingerprint density at radius 1 is 1.15 bits per heavy atom. The summed E-state index contributed by atoms with van der Waals surface area (Å²) in [5, 5.41) is 24.6. The zero-order valence-corrected chi connectivity index (χ0v) is 17.8. The summed E-state index contributed by atoms with van der Waals surface area (Å²) in [5.74, 6) is 1.42. The van der Waals surface area contributed by atoms with Gasteiger partial charge < -0.3 is 5.32 Å². The number of ketones is 1. The molecule has 0 fully saturated rings. The van der Waals surface area contributed by atoms with Crippen LogP contribution >= 0.6 is 0 Å². The van der Waals surface area contributed by atoms with Crippen molar-refractivity contribution in [2.75, 3.05) is 5.32 Å². The van der Waals surface area contributed by atoms with Crippen LogP contribution in [0.2, 0.25) is 0 Å². The van der Waals surface area contributed by atoms with Gasteiger partial charge in [-0.1, -0.05) is 0 Å². The minimum atomic E-state index is -0.146. The Balaban J connectivity index is 1.57. The molecule has 1 N–H and O–H groups in total. The monoisotopic (exact) mass is 435 g/mol. The highest BCUT2D eigenvalue weighted by Crippen LogP contribution is 2.24. The Morgan fingerprint density at radius 3 is 2.76 bits per heavy atom. The van der Waals surface area contributed by atoms with Crippen LogP contribution in [0.5, 0.6) is 0 Å². The fourth-order valence-corrected chi connectivity index (χ4v) is 3.54. The number of pyridine rings is 1.